The number of nitrogens with zero attached hydrogens (tertiary/aromatic N) is 1. The van der Waals surface area contributed by atoms with Gasteiger partial charge in [-0.25, -0.2) is 0 Å². The number of hydrogen-bond donors (Lipinski definition) is 0. The number of anilines is 1. The summed E-state index contributed by atoms with van der Waals surface area (Å²) in [5.74, 6) is 0.131. The van der Waals surface area contributed by atoms with Crippen molar-refractivity contribution in [2.75, 3.05) is 10.8 Å². The van der Waals surface area contributed by atoms with Crippen LogP contribution in [0.2, 0.25) is 10.0 Å². The standard InChI is InChI=1S/C17H14Cl3NO/c1-17(10-18)13-7-12(19)8-14(20)15(13)21(16(17)22)9-11-5-3-2-4-6-11/h2-8H,9-10H2,1H3. The Hall–Kier alpha value is -1.22. The zero-order chi connectivity index (χ0) is 15.9. The second-order valence-electron chi connectivity index (χ2n) is 5.63. The van der Waals surface area contributed by atoms with Crippen molar-refractivity contribution in [3.05, 3.63) is 63.6 Å². The van der Waals surface area contributed by atoms with Gasteiger partial charge in [-0.15, -0.1) is 11.6 Å². The van der Waals surface area contributed by atoms with Gasteiger partial charge in [0.2, 0.25) is 5.91 Å². The molecule has 1 atom stereocenters. The minimum Gasteiger partial charge on any atom is -0.305 e. The van der Waals surface area contributed by atoms with Crippen LogP contribution in [0.3, 0.4) is 0 Å². The molecule has 1 heterocycles. The predicted molar refractivity (Wildman–Crippen MR) is 92.2 cm³/mol. The Morgan fingerprint density at radius 2 is 1.82 bits per heavy atom. The van der Waals surface area contributed by atoms with Gasteiger partial charge in [-0.3, -0.25) is 4.79 Å². The Kier molecular flexibility index (Phi) is 4.11. The topological polar surface area (TPSA) is 20.3 Å². The molecule has 0 fully saturated rings. The number of amides is 1. The molecular weight excluding hydrogens is 341 g/mol. The molecule has 3 rings (SSSR count). The van der Waals surface area contributed by atoms with Gasteiger partial charge >= 0.3 is 0 Å². The summed E-state index contributed by atoms with van der Waals surface area (Å²) >= 11 is 18.6. The lowest BCUT2D eigenvalue weighted by Crippen LogP contribution is -2.39. The number of rotatable bonds is 3. The summed E-state index contributed by atoms with van der Waals surface area (Å²) in [4.78, 5) is 14.6. The minimum absolute atomic E-state index is 0.0504. The highest BCUT2D eigenvalue weighted by Crippen LogP contribution is 2.48. The molecule has 0 spiro atoms. The maximum atomic E-state index is 12.9. The summed E-state index contributed by atoms with van der Waals surface area (Å²) in [5.41, 5.74) is 1.73. The van der Waals surface area contributed by atoms with Crippen molar-refractivity contribution in [2.24, 2.45) is 0 Å². The largest absolute Gasteiger partial charge is 0.305 e. The molecule has 1 amide bonds. The SMILES string of the molecule is CC1(CCl)C(=O)N(Cc2ccccc2)c2c(Cl)cc(Cl)cc21. The average molecular weight is 355 g/mol. The van der Waals surface area contributed by atoms with Crippen LogP contribution in [0.15, 0.2) is 42.5 Å². The van der Waals surface area contributed by atoms with Gasteiger partial charge < -0.3 is 4.90 Å². The second kappa shape index (κ2) is 5.77. The van der Waals surface area contributed by atoms with E-state index in [1.165, 1.54) is 0 Å². The number of halogens is 3. The van der Waals surface area contributed by atoms with E-state index in [0.717, 1.165) is 11.1 Å². The van der Waals surface area contributed by atoms with Gasteiger partial charge in [-0.1, -0.05) is 53.5 Å². The van der Waals surface area contributed by atoms with E-state index in [9.17, 15) is 4.79 Å². The predicted octanol–water partition coefficient (Wildman–Crippen LogP) is 5.04. The zero-order valence-corrected chi connectivity index (χ0v) is 14.2. The molecule has 22 heavy (non-hydrogen) atoms. The monoisotopic (exact) mass is 353 g/mol. The third kappa shape index (κ3) is 2.40. The zero-order valence-electron chi connectivity index (χ0n) is 11.9. The fourth-order valence-corrected chi connectivity index (χ4v) is 3.68. The highest BCUT2D eigenvalue weighted by molar-refractivity contribution is 6.38. The average Bonchev–Trinajstić information content (AvgIpc) is 2.71. The summed E-state index contributed by atoms with van der Waals surface area (Å²) < 4.78 is 0. The molecule has 0 radical (unpaired) electrons. The fraction of sp³-hybridized carbons (Fsp3) is 0.235. The van der Waals surface area contributed by atoms with Crippen LogP contribution in [0.25, 0.3) is 0 Å². The van der Waals surface area contributed by atoms with E-state index in [1.54, 1.807) is 17.0 Å². The third-order valence-electron chi connectivity index (χ3n) is 4.06. The molecular formula is C17H14Cl3NO. The summed E-state index contributed by atoms with van der Waals surface area (Å²) in [7, 11) is 0. The molecule has 1 aliphatic rings. The van der Waals surface area contributed by atoms with Gasteiger partial charge in [0.05, 0.1) is 22.7 Å². The first kappa shape index (κ1) is 15.7. The van der Waals surface area contributed by atoms with Crippen LogP contribution in [0.1, 0.15) is 18.1 Å². The van der Waals surface area contributed by atoms with E-state index in [1.807, 2.05) is 37.3 Å². The fourth-order valence-electron chi connectivity index (χ4n) is 2.82. The third-order valence-corrected chi connectivity index (χ3v) is 5.10. The van der Waals surface area contributed by atoms with Crippen molar-refractivity contribution in [1.82, 2.24) is 0 Å². The molecule has 2 aromatic rings. The van der Waals surface area contributed by atoms with Gasteiger partial charge in [0.15, 0.2) is 0 Å². The van der Waals surface area contributed by atoms with Crippen molar-refractivity contribution in [1.29, 1.82) is 0 Å². The maximum Gasteiger partial charge on any atom is 0.239 e. The highest BCUT2D eigenvalue weighted by Gasteiger charge is 2.48. The molecule has 0 bridgehead atoms. The van der Waals surface area contributed by atoms with Crippen LogP contribution in [0, 0.1) is 0 Å². The van der Waals surface area contributed by atoms with Crippen LogP contribution in [-0.4, -0.2) is 11.8 Å². The summed E-state index contributed by atoms with van der Waals surface area (Å²) in [5, 5.41) is 0.982. The van der Waals surface area contributed by atoms with Crippen molar-refractivity contribution >= 4 is 46.4 Å². The van der Waals surface area contributed by atoms with Crippen molar-refractivity contribution in [3.8, 4) is 0 Å². The van der Waals surface area contributed by atoms with Gasteiger partial charge in [0.25, 0.3) is 0 Å². The Bertz CT molecular complexity index is 732. The smallest absolute Gasteiger partial charge is 0.239 e. The highest BCUT2D eigenvalue weighted by atomic mass is 35.5. The number of hydrogen-bond acceptors (Lipinski definition) is 1. The van der Waals surface area contributed by atoms with Crippen LogP contribution in [0.4, 0.5) is 5.69 Å². The minimum atomic E-state index is -0.805. The first-order chi connectivity index (χ1) is 10.5. The molecule has 0 saturated heterocycles. The molecule has 1 aliphatic heterocycles. The van der Waals surface area contributed by atoms with E-state index < -0.39 is 5.41 Å². The van der Waals surface area contributed by atoms with Crippen LogP contribution in [-0.2, 0) is 16.8 Å². The van der Waals surface area contributed by atoms with Gasteiger partial charge in [-0.2, -0.15) is 0 Å². The van der Waals surface area contributed by atoms with Crippen molar-refractivity contribution in [3.63, 3.8) is 0 Å². The quantitative estimate of drug-likeness (QED) is 0.707. The second-order valence-corrected chi connectivity index (χ2v) is 6.74. The van der Waals surface area contributed by atoms with Crippen LogP contribution in [0.5, 0.6) is 0 Å². The normalized spacial score (nSPS) is 20.4. The lowest BCUT2D eigenvalue weighted by atomic mass is 9.86. The molecule has 0 saturated carbocycles. The molecule has 0 N–H and O–H groups in total. The molecule has 114 valence electrons. The maximum absolute atomic E-state index is 12.9. The number of carbonyl (C=O) groups excluding carboxylic acids is 1. The van der Waals surface area contributed by atoms with E-state index in [2.05, 4.69) is 0 Å². The van der Waals surface area contributed by atoms with E-state index in [-0.39, 0.29) is 11.8 Å². The van der Waals surface area contributed by atoms with Gasteiger partial charge in [0.1, 0.15) is 0 Å². The lowest BCUT2D eigenvalue weighted by Gasteiger charge is -2.22. The Labute approximate surface area is 144 Å². The number of benzene rings is 2. The van der Waals surface area contributed by atoms with Crippen LogP contribution < -0.4 is 4.90 Å². The summed E-state index contributed by atoms with van der Waals surface area (Å²) in [6.07, 6.45) is 0. The number of alkyl halides is 1. The molecule has 2 nitrogen and oxygen atoms in total. The Morgan fingerprint density at radius 1 is 1.14 bits per heavy atom. The number of fused-ring (bicyclic) bond motifs is 1. The first-order valence-corrected chi connectivity index (χ1v) is 8.18. The summed E-state index contributed by atoms with van der Waals surface area (Å²) in [6, 6.07) is 13.2. The molecule has 1 unspecified atom stereocenters. The van der Waals surface area contributed by atoms with E-state index in [0.29, 0.717) is 22.3 Å². The Balaban J connectivity index is 2.12. The summed E-state index contributed by atoms with van der Waals surface area (Å²) in [6.45, 7) is 2.29. The van der Waals surface area contributed by atoms with Gasteiger partial charge in [0, 0.05) is 10.9 Å². The van der Waals surface area contributed by atoms with Gasteiger partial charge in [-0.05, 0) is 30.2 Å². The lowest BCUT2D eigenvalue weighted by molar-refractivity contribution is -0.122. The molecule has 5 heteroatoms. The van der Waals surface area contributed by atoms with Crippen molar-refractivity contribution < 1.29 is 4.79 Å². The molecule has 0 aliphatic carbocycles. The molecule has 0 aromatic heterocycles. The van der Waals surface area contributed by atoms with E-state index in [4.69, 9.17) is 34.8 Å². The molecule has 2 aromatic carbocycles. The van der Waals surface area contributed by atoms with Crippen molar-refractivity contribution in [2.45, 2.75) is 18.9 Å². The number of carbonyl (C=O) groups is 1. The first-order valence-electron chi connectivity index (χ1n) is 6.89. The van der Waals surface area contributed by atoms with E-state index >= 15 is 0 Å². The Morgan fingerprint density at radius 3 is 2.45 bits per heavy atom. The van der Waals surface area contributed by atoms with Crippen LogP contribution >= 0.6 is 34.8 Å².